The molecular weight excluding hydrogens is 277 g/mol. The molecule has 2 aromatic rings. The summed E-state index contributed by atoms with van der Waals surface area (Å²) in [6.45, 7) is 2.32. The third-order valence-corrected chi connectivity index (χ3v) is 4.99. The summed E-state index contributed by atoms with van der Waals surface area (Å²) < 4.78 is 15.8. The van der Waals surface area contributed by atoms with E-state index in [0.29, 0.717) is 18.0 Å². The molecule has 2 unspecified atom stereocenters. The van der Waals surface area contributed by atoms with Crippen molar-refractivity contribution in [2.45, 2.75) is 37.2 Å². The lowest BCUT2D eigenvalue weighted by Crippen LogP contribution is -2.28. The number of rotatable bonds is 2. The molecule has 1 aromatic carbocycles. The zero-order chi connectivity index (χ0) is 13.7. The van der Waals surface area contributed by atoms with Gasteiger partial charge in [-0.25, -0.2) is 9.37 Å². The molecule has 0 spiro atoms. The standard InChI is InChI=1S/C15H17ClFN3/c16-9-15-18-11-4-3-10(17)8-14(11)20(15)13-5-7-19-6-1-2-12(13)19/h3-4,8,12-13H,1-2,5-7,9H2. The molecule has 2 atom stereocenters. The van der Waals surface area contributed by atoms with Gasteiger partial charge in [-0.3, -0.25) is 4.90 Å². The van der Waals surface area contributed by atoms with Crippen LogP contribution in [0.3, 0.4) is 0 Å². The summed E-state index contributed by atoms with van der Waals surface area (Å²) in [5.41, 5.74) is 1.73. The van der Waals surface area contributed by atoms with Gasteiger partial charge in [0.15, 0.2) is 0 Å². The smallest absolute Gasteiger partial charge is 0.125 e. The largest absolute Gasteiger partial charge is 0.322 e. The highest BCUT2D eigenvalue weighted by atomic mass is 35.5. The molecule has 1 aromatic heterocycles. The predicted octanol–water partition coefficient (Wildman–Crippen LogP) is 3.32. The quantitative estimate of drug-likeness (QED) is 0.792. The molecule has 2 aliphatic heterocycles. The molecule has 0 radical (unpaired) electrons. The fraction of sp³-hybridized carbons (Fsp3) is 0.533. The Morgan fingerprint density at radius 2 is 2.15 bits per heavy atom. The van der Waals surface area contributed by atoms with Gasteiger partial charge in [-0.2, -0.15) is 0 Å². The second kappa shape index (κ2) is 4.71. The van der Waals surface area contributed by atoms with Crippen molar-refractivity contribution in [3.05, 3.63) is 29.8 Å². The Kier molecular flexibility index (Phi) is 2.97. The molecule has 0 bridgehead atoms. The minimum Gasteiger partial charge on any atom is -0.322 e. The van der Waals surface area contributed by atoms with Crippen molar-refractivity contribution in [3.63, 3.8) is 0 Å². The number of imidazole rings is 1. The van der Waals surface area contributed by atoms with Crippen LogP contribution in [0.15, 0.2) is 18.2 Å². The van der Waals surface area contributed by atoms with Gasteiger partial charge >= 0.3 is 0 Å². The Morgan fingerprint density at radius 1 is 1.25 bits per heavy atom. The number of hydrogen-bond donors (Lipinski definition) is 0. The Labute approximate surface area is 122 Å². The van der Waals surface area contributed by atoms with E-state index in [1.165, 1.54) is 25.5 Å². The van der Waals surface area contributed by atoms with Gasteiger partial charge in [0.1, 0.15) is 11.6 Å². The molecule has 2 saturated heterocycles. The topological polar surface area (TPSA) is 21.1 Å². The first kappa shape index (κ1) is 12.6. The zero-order valence-electron chi connectivity index (χ0n) is 11.2. The van der Waals surface area contributed by atoms with Crippen LogP contribution in [0.4, 0.5) is 4.39 Å². The third kappa shape index (κ3) is 1.78. The molecule has 0 aliphatic carbocycles. The first-order valence-corrected chi connectivity index (χ1v) is 7.78. The maximum Gasteiger partial charge on any atom is 0.125 e. The van der Waals surface area contributed by atoms with E-state index in [1.807, 2.05) is 0 Å². The highest BCUT2D eigenvalue weighted by Gasteiger charge is 2.39. The number of hydrogen-bond acceptors (Lipinski definition) is 2. The van der Waals surface area contributed by atoms with Crippen LogP contribution in [0.2, 0.25) is 0 Å². The van der Waals surface area contributed by atoms with Crippen molar-refractivity contribution in [3.8, 4) is 0 Å². The Morgan fingerprint density at radius 3 is 3.00 bits per heavy atom. The Balaban J connectivity index is 1.87. The molecule has 0 saturated carbocycles. The number of aromatic nitrogens is 2. The van der Waals surface area contributed by atoms with Crippen LogP contribution in [0.25, 0.3) is 11.0 Å². The van der Waals surface area contributed by atoms with Crippen LogP contribution in [0.5, 0.6) is 0 Å². The summed E-state index contributed by atoms with van der Waals surface area (Å²) in [4.78, 5) is 7.13. The van der Waals surface area contributed by atoms with Crippen LogP contribution < -0.4 is 0 Å². The summed E-state index contributed by atoms with van der Waals surface area (Å²) in [5, 5.41) is 0. The van der Waals surface area contributed by atoms with E-state index in [2.05, 4.69) is 14.5 Å². The van der Waals surface area contributed by atoms with Crippen molar-refractivity contribution < 1.29 is 4.39 Å². The second-order valence-corrected chi connectivity index (χ2v) is 6.03. The van der Waals surface area contributed by atoms with E-state index < -0.39 is 0 Å². The average Bonchev–Trinajstić information content (AvgIpc) is 3.11. The molecule has 106 valence electrons. The van der Waals surface area contributed by atoms with Crippen molar-refractivity contribution in [2.75, 3.05) is 13.1 Å². The van der Waals surface area contributed by atoms with Gasteiger partial charge in [0.25, 0.3) is 0 Å². The summed E-state index contributed by atoms with van der Waals surface area (Å²) >= 11 is 6.07. The minimum absolute atomic E-state index is 0.207. The predicted molar refractivity (Wildman–Crippen MR) is 77.5 cm³/mol. The number of fused-ring (bicyclic) bond motifs is 2. The molecule has 3 heterocycles. The van der Waals surface area contributed by atoms with Crippen LogP contribution in [0.1, 0.15) is 31.1 Å². The molecular formula is C15H17ClFN3. The van der Waals surface area contributed by atoms with Crippen molar-refractivity contribution in [1.29, 1.82) is 0 Å². The van der Waals surface area contributed by atoms with Crippen molar-refractivity contribution in [2.24, 2.45) is 0 Å². The number of alkyl halides is 1. The van der Waals surface area contributed by atoms with Crippen LogP contribution in [-0.2, 0) is 5.88 Å². The van der Waals surface area contributed by atoms with Crippen molar-refractivity contribution in [1.82, 2.24) is 14.5 Å². The van der Waals surface area contributed by atoms with Crippen LogP contribution in [-0.4, -0.2) is 33.6 Å². The summed E-state index contributed by atoms with van der Waals surface area (Å²) in [7, 11) is 0. The van der Waals surface area contributed by atoms with E-state index in [9.17, 15) is 4.39 Å². The zero-order valence-corrected chi connectivity index (χ0v) is 12.0. The molecule has 0 N–H and O–H groups in total. The average molecular weight is 294 g/mol. The van der Waals surface area contributed by atoms with Gasteiger partial charge in [0, 0.05) is 12.6 Å². The van der Waals surface area contributed by atoms with E-state index >= 15 is 0 Å². The van der Waals surface area contributed by atoms with Gasteiger partial charge in [0.05, 0.1) is 23.0 Å². The third-order valence-electron chi connectivity index (χ3n) is 4.75. The number of benzene rings is 1. The maximum atomic E-state index is 13.6. The molecule has 20 heavy (non-hydrogen) atoms. The minimum atomic E-state index is -0.207. The Hall–Kier alpha value is -1.13. The van der Waals surface area contributed by atoms with E-state index in [0.717, 1.165) is 29.8 Å². The monoisotopic (exact) mass is 293 g/mol. The Bertz CT molecular complexity index is 654. The highest BCUT2D eigenvalue weighted by Crippen LogP contribution is 2.38. The van der Waals surface area contributed by atoms with Crippen molar-refractivity contribution >= 4 is 22.6 Å². The van der Waals surface area contributed by atoms with Gasteiger partial charge in [0.2, 0.25) is 0 Å². The maximum absolute atomic E-state index is 13.6. The lowest BCUT2D eigenvalue weighted by molar-refractivity contribution is 0.290. The SMILES string of the molecule is Fc1ccc2nc(CCl)n(C3CCN4CCCC34)c2c1. The van der Waals surface area contributed by atoms with Crippen LogP contribution in [0, 0.1) is 5.82 Å². The molecule has 3 nitrogen and oxygen atoms in total. The molecule has 2 fully saturated rings. The lowest BCUT2D eigenvalue weighted by Gasteiger charge is -2.23. The van der Waals surface area contributed by atoms with Gasteiger partial charge < -0.3 is 4.57 Å². The van der Waals surface area contributed by atoms with Gasteiger partial charge in [-0.15, -0.1) is 11.6 Å². The molecule has 0 amide bonds. The fourth-order valence-electron chi connectivity index (χ4n) is 3.94. The van der Waals surface area contributed by atoms with E-state index in [-0.39, 0.29) is 5.82 Å². The highest BCUT2D eigenvalue weighted by molar-refractivity contribution is 6.16. The van der Waals surface area contributed by atoms with E-state index in [4.69, 9.17) is 11.6 Å². The lowest BCUT2D eigenvalue weighted by atomic mass is 10.1. The molecule has 5 heteroatoms. The van der Waals surface area contributed by atoms with E-state index in [1.54, 1.807) is 12.1 Å². The summed E-state index contributed by atoms with van der Waals surface area (Å²) in [6.07, 6.45) is 3.59. The summed E-state index contributed by atoms with van der Waals surface area (Å²) in [5.74, 6) is 1.03. The first-order valence-electron chi connectivity index (χ1n) is 7.24. The normalized spacial score (nSPS) is 26.5. The number of halogens is 2. The van der Waals surface area contributed by atoms with Gasteiger partial charge in [-0.05, 0) is 44.0 Å². The second-order valence-electron chi connectivity index (χ2n) is 5.77. The van der Waals surface area contributed by atoms with Gasteiger partial charge in [-0.1, -0.05) is 0 Å². The fourth-order valence-corrected chi connectivity index (χ4v) is 4.13. The summed E-state index contributed by atoms with van der Waals surface area (Å²) in [6, 6.07) is 5.76. The number of nitrogens with zero attached hydrogens (tertiary/aromatic N) is 3. The molecule has 2 aliphatic rings. The van der Waals surface area contributed by atoms with Crippen LogP contribution >= 0.6 is 11.6 Å². The first-order chi connectivity index (χ1) is 9.78. The molecule has 4 rings (SSSR count).